The van der Waals surface area contributed by atoms with Crippen LogP contribution in [0.15, 0.2) is 12.2 Å². The normalized spacial score (nSPS) is 36.2. The van der Waals surface area contributed by atoms with E-state index in [1.165, 1.54) is 12.7 Å². The highest BCUT2D eigenvalue weighted by atomic mass is 16.5. The van der Waals surface area contributed by atoms with Gasteiger partial charge in [-0.05, 0) is 144 Å². The van der Waals surface area contributed by atoms with Crippen molar-refractivity contribution in [1.29, 1.82) is 0 Å². The first-order valence-electron chi connectivity index (χ1n) is 22.8. The lowest BCUT2D eigenvalue weighted by Crippen LogP contribution is -2.67. The summed E-state index contributed by atoms with van der Waals surface area (Å²) in [5.41, 5.74) is -0.161. The van der Waals surface area contributed by atoms with Crippen LogP contribution in [0.2, 0.25) is 0 Å². The Morgan fingerprint density at radius 3 is 2.09 bits per heavy atom. The predicted molar refractivity (Wildman–Crippen MR) is 225 cm³/mol. The molecule has 10 atom stereocenters. The molecule has 0 aromatic heterocycles. The van der Waals surface area contributed by atoms with Crippen LogP contribution in [-0.4, -0.2) is 61.1 Å². The minimum Gasteiger partial charge on any atom is -0.481 e. The number of hydrogen-bond donors (Lipinski definition) is 3. The van der Waals surface area contributed by atoms with Gasteiger partial charge in [-0.2, -0.15) is 0 Å². The van der Waals surface area contributed by atoms with Gasteiger partial charge in [-0.15, -0.1) is 0 Å². The molecule has 5 aliphatic rings. The third-order valence-electron chi connectivity index (χ3n) is 17.7. The van der Waals surface area contributed by atoms with Gasteiger partial charge in [0.15, 0.2) is 0 Å². The lowest BCUT2D eigenvalue weighted by Gasteiger charge is -2.72. The summed E-state index contributed by atoms with van der Waals surface area (Å²) >= 11 is 0. The molecule has 10 nitrogen and oxygen atoms in total. The zero-order chi connectivity index (χ0) is 42.9. The summed E-state index contributed by atoms with van der Waals surface area (Å²) in [6, 6.07) is 0. The molecule has 0 aromatic carbocycles. The highest BCUT2D eigenvalue weighted by Crippen LogP contribution is 2.77. The van der Waals surface area contributed by atoms with E-state index in [1.807, 2.05) is 0 Å². The molecule has 5 rings (SSSR count). The van der Waals surface area contributed by atoms with E-state index in [0.29, 0.717) is 42.6 Å². The molecule has 0 unspecified atom stereocenters. The zero-order valence-electron chi connectivity index (χ0n) is 37.6. The van der Waals surface area contributed by atoms with Crippen LogP contribution < -0.4 is 10.6 Å². The minimum absolute atomic E-state index is 0.0849. The molecule has 5 fully saturated rings. The Balaban J connectivity index is 1.21. The average Bonchev–Trinajstić information content (AvgIpc) is 3.55. The van der Waals surface area contributed by atoms with Gasteiger partial charge in [0.1, 0.15) is 12.6 Å². The Labute approximate surface area is 349 Å². The van der Waals surface area contributed by atoms with Crippen molar-refractivity contribution in [2.24, 2.45) is 62.1 Å². The van der Waals surface area contributed by atoms with Gasteiger partial charge in [0.25, 0.3) is 0 Å². The molecule has 0 bridgehead atoms. The molecule has 0 saturated heterocycles. The van der Waals surface area contributed by atoms with Crippen molar-refractivity contribution in [2.45, 2.75) is 177 Å². The number of nitrogens with one attached hydrogen (secondary N) is 2. The number of carboxylic acid groups (broad SMARTS) is 1. The van der Waals surface area contributed by atoms with Gasteiger partial charge < -0.3 is 25.2 Å². The maximum absolute atomic E-state index is 14.5. The van der Waals surface area contributed by atoms with Crippen molar-refractivity contribution in [3.05, 3.63) is 12.2 Å². The molecule has 328 valence electrons. The molecule has 0 aliphatic heterocycles. The number of amides is 2. The van der Waals surface area contributed by atoms with E-state index in [2.05, 4.69) is 63.5 Å². The molecule has 0 aromatic rings. The van der Waals surface area contributed by atoms with Crippen molar-refractivity contribution < 1.29 is 38.6 Å². The van der Waals surface area contributed by atoms with E-state index in [-0.39, 0.29) is 58.0 Å². The Hall–Kier alpha value is -2.91. The maximum Gasteiger partial charge on any atom is 0.325 e. The minimum atomic E-state index is -1.16. The molecule has 0 heterocycles. The predicted octanol–water partition coefficient (Wildman–Crippen LogP) is 9.19. The second-order valence-electron chi connectivity index (χ2n) is 21.5. The third kappa shape index (κ3) is 8.51. The van der Waals surface area contributed by atoms with E-state index in [1.54, 1.807) is 13.8 Å². The number of carbonyl (C=O) groups excluding carboxylic acids is 4. The number of methoxy groups -OCH3 is 1. The Kier molecular flexibility index (Phi) is 14.0. The highest BCUT2D eigenvalue weighted by molar-refractivity contribution is 5.84. The van der Waals surface area contributed by atoms with Gasteiger partial charge in [-0.1, -0.05) is 72.5 Å². The monoisotopic (exact) mass is 811 g/mol. The second-order valence-corrected chi connectivity index (χ2v) is 21.5. The molecule has 0 radical (unpaired) electrons. The molecule has 58 heavy (non-hydrogen) atoms. The largest absolute Gasteiger partial charge is 0.481 e. The van der Waals surface area contributed by atoms with Crippen LogP contribution in [0.3, 0.4) is 0 Å². The topological polar surface area (TPSA) is 148 Å². The number of ether oxygens (including phenoxy) is 2. The Morgan fingerprint density at radius 2 is 1.43 bits per heavy atom. The summed E-state index contributed by atoms with van der Waals surface area (Å²) in [5.74, 6) is 0.366. The van der Waals surface area contributed by atoms with Crippen molar-refractivity contribution >= 4 is 29.7 Å². The molecule has 2 amide bonds. The quantitative estimate of drug-likeness (QED) is 0.0749. The lowest BCUT2D eigenvalue weighted by atomic mass is 9.32. The van der Waals surface area contributed by atoms with Crippen LogP contribution in [-0.2, 0) is 33.4 Å². The van der Waals surface area contributed by atoms with E-state index in [9.17, 15) is 29.1 Å². The number of unbranched alkanes of at least 4 members (excludes halogenated alkanes) is 5. The zero-order valence-corrected chi connectivity index (χ0v) is 37.6. The fourth-order valence-electron chi connectivity index (χ4n) is 14.2. The van der Waals surface area contributed by atoms with Gasteiger partial charge in [0.2, 0.25) is 11.8 Å². The summed E-state index contributed by atoms with van der Waals surface area (Å²) in [4.78, 5) is 62.5. The fourth-order valence-corrected chi connectivity index (χ4v) is 14.2. The summed E-state index contributed by atoms with van der Waals surface area (Å²) in [7, 11) is 1.31. The van der Waals surface area contributed by atoms with E-state index < -0.39 is 23.3 Å². The molecule has 10 heteroatoms. The van der Waals surface area contributed by atoms with Crippen molar-refractivity contribution in [3.63, 3.8) is 0 Å². The summed E-state index contributed by atoms with van der Waals surface area (Å²) < 4.78 is 10.7. The number of carboxylic acids is 1. The van der Waals surface area contributed by atoms with Gasteiger partial charge in [-0.3, -0.25) is 24.0 Å². The van der Waals surface area contributed by atoms with Gasteiger partial charge in [0.05, 0.1) is 24.4 Å². The van der Waals surface area contributed by atoms with Crippen LogP contribution >= 0.6 is 0 Å². The third-order valence-corrected chi connectivity index (χ3v) is 17.7. The van der Waals surface area contributed by atoms with Gasteiger partial charge in [0, 0.05) is 18.4 Å². The SMILES string of the molecule is C=C(C)[C@@H]1CC[C@]2(C(=O)NCCCCCCCCC(=O)NCC(=O)OC)CC[C@]3(C)[C@H](CC[C@@H]4[C@@]5(C)CC[C@H](OC(=O)CC(C)(C)C(=O)O)C(C)(C)[C@@H]5CC[C@]43C)[C@@H]12. The molecule has 3 N–H and O–H groups in total. The van der Waals surface area contributed by atoms with Crippen LogP contribution in [0.4, 0.5) is 0 Å². The second kappa shape index (κ2) is 17.6. The van der Waals surface area contributed by atoms with Gasteiger partial charge in [-0.25, -0.2) is 0 Å². The summed E-state index contributed by atoms with van der Waals surface area (Å²) in [5, 5.41) is 15.7. The first-order chi connectivity index (χ1) is 27.1. The number of esters is 2. The maximum atomic E-state index is 14.5. The van der Waals surface area contributed by atoms with Crippen molar-refractivity contribution in [1.82, 2.24) is 10.6 Å². The molecule has 5 aliphatic carbocycles. The molecule has 5 saturated carbocycles. The van der Waals surface area contributed by atoms with Crippen molar-refractivity contribution in [3.8, 4) is 0 Å². The first-order valence-corrected chi connectivity index (χ1v) is 22.8. The highest BCUT2D eigenvalue weighted by Gasteiger charge is 2.72. The fraction of sp³-hybridized carbons (Fsp3) is 0.854. The number of aliphatic carboxylic acids is 1. The number of carbonyl (C=O) groups is 5. The van der Waals surface area contributed by atoms with E-state index >= 15 is 0 Å². The summed E-state index contributed by atoms with van der Waals surface area (Å²) in [6.07, 6.45) is 16.2. The van der Waals surface area contributed by atoms with Crippen LogP contribution in [0.1, 0.15) is 171 Å². The number of rotatable bonds is 17. The van der Waals surface area contributed by atoms with Crippen LogP contribution in [0.5, 0.6) is 0 Å². The number of allylic oxidation sites excluding steroid dienone is 1. The number of fused-ring (bicyclic) bond motifs is 7. The first kappa shape index (κ1) is 46.2. The number of hydrogen-bond acceptors (Lipinski definition) is 7. The van der Waals surface area contributed by atoms with E-state index in [0.717, 1.165) is 103 Å². The molecular formula is C48H78N2O8. The Bertz CT molecular complexity index is 1570. The van der Waals surface area contributed by atoms with E-state index in [4.69, 9.17) is 4.74 Å². The van der Waals surface area contributed by atoms with Crippen molar-refractivity contribution in [2.75, 3.05) is 20.2 Å². The smallest absolute Gasteiger partial charge is 0.325 e. The summed E-state index contributed by atoms with van der Waals surface area (Å²) in [6.45, 7) is 22.8. The lowest BCUT2D eigenvalue weighted by molar-refractivity contribution is -0.249. The standard InChI is InChI=1S/C48H78N2O8/c1-31(2)32-20-25-48(41(54)49-28-16-14-12-11-13-15-17-37(51)50-30-39(53)57-10)27-26-46(8)33(40(32)48)18-19-35-45(7)23-22-36(58-38(52)29-43(3,4)42(55)56)44(5,6)34(45)21-24-47(35,46)9/h32-36,40H,1,11-30H2,2-10H3,(H,49,54)(H,50,51)(H,55,56)/t32-,33+,34-,35+,36-,40+,45-,46+,47+,48-/m0/s1. The van der Waals surface area contributed by atoms with Crippen LogP contribution in [0.25, 0.3) is 0 Å². The van der Waals surface area contributed by atoms with Crippen LogP contribution in [0, 0.1) is 62.1 Å². The molecule has 0 spiro atoms. The average molecular weight is 811 g/mol. The molecular weight excluding hydrogens is 733 g/mol. The van der Waals surface area contributed by atoms with Gasteiger partial charge >= 0.3 is 17.9 Å². The Morgan fingerprint density at radius 1 is 0.759 bits per heavy atom.